The van der Waals surface area contributed by atoms with E-state index in [9.17, 15) is 9.59 Å². The van der Waals surface area contributed by atoms with Crippen molar-refractivity contribution in [2.24, 2.45) is 17.8 Å². The summed E-state index contributed by atoms with van der Waals surface area (Å²) in [5.74, 6) is -0.297. The topological polar surface area (TPSA) is 37.4 Å². The van der Waals surface area contributed by atoms with Crippen LogP contribution in [0.3, 0.4) is 0 Å². The van der Waals surface area contributed by atoms with Gasteiger partial charge in [-0.05, 0) is 24.5 Å². The first-order valence-electron chi connectivity index (χ1n) is 6.29. The molecule has 0 spiro atoms. The van der Waals surface area contributed by atoms with E-state index in [-0.39, 0.29) is 29.6 Å². The number of rotatable bonds is 1. The number of fused-ring (bicyclic) bond motifs is 1. The molecular weight excluding hydrogens is 226 g/mol. The average Bonchev–Trinajstić information content (AvgIpc) is 2.64. The molecule has 1 saturated heterocycles. The van der Waals surface area contributed by atoms with Crippen LogP contribution in [0.1, 0.15) is 13.3 Å². The fraction of sp³-hybridized carbons (Fsp3) is 0.333. The smallest absolute Gasteiger partial charge is 0.238 e. The summed E-state index contributed by atoms with van der Waals surface area (Å²) in [4.78, 5) is 26.2. The normalized spacial score (nSPS) is 30.7. The standard InChI is InChI=1S/C15H15NO2/c1-10-6-5-9-12-13(10)15(18)16(14(12)17)11-7-3-2-4-8-11/h2-8,10,12-13H,9H2,1H3/t10-,12+,13+/m0/s1. The predicted octanol–water partition coefficient (Wildman–Crippen LogP) is 2.39. The van der Waals surface area contributed by atoms with E-state index < -0.39 is 0 Å². The second kappa shape index (κ2) is 4.09. The molecule has 1 aromatic rings. The molecule has 3 rings (SSSR count). The first kappa shape index (κ1) is 11.2. The van der Waals surface area contributed by atoms with Gasteiger partial charge in [-0.3, -0.25) is 14.5 Å². The lowest BCUT2D eigenvalue weighted by atomic mass is 9.78. The first-order valence-corrected chi connectivity index (χ1v) is 6.29. The molecule has 3 atom stereocenters. The quantitative estimate of drug-likeness (QED) is 0.559. The van der Waals surface area contributed by atoms with Gasteiger partial charge in [-0.15, -0.1) is 0 Å². The third-order valence-corrected chi connectivity index (χ3v) is 3.89. The molecule has 2 amide bonds. The summed E-state index contributed by atoms with van der Waals surface area (Å²) >= 11 is 0. The van der Waals surface area contributed by atoms with Gasteiger partial charge in [-0.2, -0.15) is 0 Å². The molecule has 92 valence electrons. The molecule has 0 saturated carbocycles. The zero-order valence-electron chi connectivity index (χ0n) is 10.2. The largest absolute Gasteiger partial charge is 0.274 e. The number of carbonyl (C=O) groups is 2. The van der Waals surface area contributed by atoms with E-state index in [1.54, 1.807) is 0 Å². The monoisotopic (exact) mass is 241 g/mol. The fourth-order valence-electron chi connectivity index (χ4n) is 2.98. The number of amides is 2. The molecule has 1 aromatic carbocycles. The number of benzene rings is 1. The summed E-state index contributed by atoms with van der Waals surface area (Å²) in [5, 5.41) is 0. The molecule has 18 heavy (non-hydrogen) atoms. The summed E-state index contributed by atoms with van der Waals surface area (Å²) in [6.07, 6.45) is 4.75. The highest BCUT2D eigenvalue weighted by molar-refractivity contribution is 6.22. The zero-order chi connectivity index (χ0) is 12.7. The highest BCUT2D eigenvalue weighted by atomic mass is 16.2. The molecule has 0 N–H and O–H groups in total. The van der Waals surface area contributed by atoms with Crippen LogP contribution in [-0.4, -0.2) is 11.8 Å². The molecular formula is C15H15NO2. The second-order valence-corrected chi connectivity index (χ2v) is 5.00. The molecule has 1 aliphatic carbocycles. The minimum Gasteiger partial charge on any atom is -0.274 e. The Labute approximate surface area is 106 Å². The highest BCUT2D eigenvalue weighted by Crippen LogP contribution is 2.40. The third kappa shape index (κ3) is 1.50. The molecule has 1 heterocycles. The lowest BCUT2D eigenvalue weighted by molar-refractivity contribution is -0.122. The first-order chi connectivity index (χ1) is 8.70. The zero-order valence-corrected chi connectivity index (χ0v) is 10.2. The number of hydrogen-bond donors (Lipinski definition) is 0. The van der Waals surface area contributed by atoms with Crippen LogP contribution in [0.2, 0.25) is 0 Å². The number of hydrogen-bond acceptors (Lipinski definition) is 2. The maximum absolute atomic E-state index is 12.4. The summed E-state index contributed by atoms with van der Waals surface area (Å²) in [6.45, 7) is 2.01. The SMILES string of the molecule is C[C@H]1C=CC[C@H]2C(=O)N(c3ccccc3)C(=O)[C@H]12. The number of imide groups is 1. The Morgan fingerprint density at radius 2 is 1.83 bits per heavy atom. The molecule has 0 unspecified atom stereocenters. The van der Waals surface area contributed by atoms with Gasteiger partial charge in [-0.25, -0.2) is 0 Å². The van der Waals surface area contributed by atoms with Gasteiger partial charge in [0.2, 0.25) is 11.8 Å². The number of allylic oxidation sites excluding steroid dienone is 2. The van der Waals surface area contributed by atoms with Gasteiger partial charge in [0.15, 0.2) is 0 Å². The van der Waals surface area contributed by atoms with Crippen LogP contribution in [-0.2, 0) is 9.59 Å². The van der Waals surface area contributed by atoms with Gasteiger partial charge in [-0.1, -0.05) is 37.3 Å². The van der Waals surface area contributed by atoms with E-state index in [0.29, 0.717) is 12.1 Å². The second-order valence-electron chi connectivity index (χ2n) is 5.00. The Hall–Kier alpha value is -1.90. The Balaban J connectivity index is 2.00. The summed E-state index contributed by atoms with van der Waals surface area (Å²) in [7, 11) is 0. The lowest BCUT2D eigenvalue weighted by Crippen LogP contribution is -2.31. The number of anilines is 1. The van der Waals surface area contributed by atoms with E-state index in [2.05, 4.69) is 0 Å². The predicted molar refractivity (Wildman–Crippen MR) is 68.8 cm³/mol. The maximum atomic E-state index is 12.4. The van der Waals surface area contributed by atoms with E-state index in [0.717, 1.165) is 0 Å². The van der Waals surface area contributed by atoms with E-state index in [4.69, 9.17) is 0 Å². The van der Waals surface area contributed by atoms with Gasteiger partial charge in [0.25, 0.3) is 0 Å². The van der Waals surface area contributed by atoms with Gasteiger partial charge in [0.1, 0.15) is 0 Å². The third-order valence-electron chi connectivity index (χ3n) is 3.89. The Bertz CT molecular complexity index is 521. The van der Waals surface area contributed by atoms with Crippen molar-refractivity contribution in [1.82, 2.24) is 0 Å². The van der Waals surface area contributed by atoms with E-state index in [1.165, 1.54) is 4.90 Å². The maximum Gasteiger partial charge on any atom is 0.238 e. The van der Waals surface area contributed by atoms with Crippen molar-refractivity contribution in [2.75, 3.05) is 4.90 Å². The Morgan fingerprint density at radius 1 is 1.11 bits per heavy atom. The van der Waals surface area contributed by atoms with Gasteiger partial charge >= 0.3 is 0 Å². The Kier molecular flexibility index (Phi) is 2.54. The van der Waals surface area contributed by atoms with Crippen molar-refractivity contribution in [3.63, 3.8) is 0 Å². The highest BCUT2D eigenvalue weighted by Gasteiger charge is 2.50. The molecule has 1 aliphatic heterocycles. The van der Waals surface area contributed by atoms with Crippen LogP contribution >= 0.6 is 0 Å². The van der Waals surface area contributed by atoms with E-state index in [1.807, 2.05) is 49.4 Å². The van der Waals surface area contributed by atoms with Gasteiger partial charge < -0.3 is 0 Å². The molecule has 0 bridgehead atoms. The lowest BCUT2D eigenvalue weighted by Gasteiger charge is -2.22. The minimum atomic E-state index is -0.178. The van der Waals surface area contributed by atoms with Crippen molar-refractivity contribution in [2.45, 2.75) is 13.3 Å². The van der Waals surface area contributed by atoms with Crippen LogP contribution in [0.4, 0.5) is 5.69 Å². The molecule has 3 nitrogen and oxygen atoms in total. The molecule has 0 radical (unpaired) electrons. The van der Waals surface area contributed by atoms with Crippen molar-refractivity contribution in [3.8, 4) is 0 Å². The summed E-state index contributed by atoms with van der Waals surface area (Å²) < 4.78 is 0. The number of para-hydroxylation sites is 1. The fourth-order valence-corrected chi connectivity index (χ4v) is 2.98. The molecule has 0 aromatic heterocycles. The van der Waals surface area contributed by atoms with Crippen LogP contribution in [0, 0.1) is 17.8 Å². The Morgan fingerprint density at radius 3 is 2.50 bits per heavy atom. The van der Waals surface area contributed by atoms with Crippen LogP contribution in [0.25, 0.3) is 0 Å². The van der Waals surface area contributed by atoms with Crippen LogP contribution in [0.5, 0.6) is 0 Å². The van der Waals surface area contributed by atoms with Gasteiger partial charge in [0, 0.05) is 0 Å². The molecule has 2 aliphatic rings. The number of nitrogens with zero attached hydrogens (tertiary/aromatic N) is 1. The average molecular weight is 241 g/mol. The van der Waals surface area contributed by atoms with Gasteiger partial charge in [0.05, 0.1) is 17.5 Å². The van der Waals surface area contributed by atoms with Crippen molar-refractivity contribution in [3.05, 3.63) is 42.5 Å². The summed E-state index contributed by atoms with van der Waals surface area (Å²) in [6, 6.07) is 9.20. The van der Waals surface area contributed by atoms with Crippen LogP contribution < -0.4 is 4.90 Å². The number of carbonyl (C=O) groups excluding carboxylic acids is 2. The van der Waals surface area contributed by atoms with Crippen molar-refractivity contribution in [1.29, 1.82) is 0 Å². The minimum absolute atomic E-state index is 0.0481. The summed E-state index contributed by atoms with van der Waals surface area (Å²) in [5.41, 5.74) is 0.689. The van der Waals surface area contributed by atoms with Crippen molar-refractivity contribution >= 4 is 17.5 Å². The molecule has 1 fully saturated rings. The van der Waals surface area contributed by atoms with Crippen LogP contribution in [0.15, 0.2) is 42.5 Å². The molecule has 3 heteroatoms. The van der Waals surface area contributed by atoms with Crippen molar-refractivity contribution < 1.29 is 9.59 Å². The van der Waals surface area contributed by atoms with E-state index >= 15 is 0 Å².